The second kappa shape index (κ2) is 10.9. The van der Waals surface area contributed by atoms with Gasteiger partial charge in [0.1, 0.15) is 29.5 Å². The van der Waals surface area contributed by atoms with Gasteiger partial charge in [-0.15, -0.1) is 0 Å². The van der Waals surface area contributed by atoms with Gasteiger partial charge in [0.15, 0.2) is 11.3 Å². The maximum Gasteiger partial charge on any atom is 0.323 e. The van der Waals surface area contributed by atoms with E-state index in [1.54, 1.807) is 36.9 Å². The number of nitrogens with one attached hydrogen (secondary N) is 1. The van der Waals surface area contributed by atoms with Crippen LogP contribution in [-0.2, 0) is 9.53 Å². The summed E-state index contributed by atoms with van der Waals surface area (Å²) in [4.78, 5) is 24.2. The number of nitrogens with zero attached hydrogens (tertiary/aromatic N) is 6. The minimum atomic E-state index is -1.10. The largest absolute Gasteiger partial charge is 0.461 e. The minimum absolute atomic E-state index is 0.168. The monoisotopic (exact) mass is 571 g/mol. The molecule has 0 bridgehead atoms. The van der Waals surface area contributed by atoms with Gasteiger partial charge in [0.25, 0.3) is 0 Å². The van der Waals surface area contributed by atoms with E-state index in [0.717, 1.165) is 24.9 Å². The Bertz CT molecular complexity index is 1430. The molecule has 5 rings (SSSR count). The molecular formula is C27H31Cl2N7O3. The molecular weight excluding hydrogens is 541 g/mol. The molecule has 1 aromatic carbocycles. The molecule has 10 nitrogen and oxygen atoms in total. The van der Waals surface area contributed by atoms with Crippen molar-refractivity contribution in [2.24, 2.45) is 5.92 Å². The highest BCUT2D eigenvalue weighted by Gasteiger charge is 2.42. The fraction of sp³-hybridized carbons (Fsp3) is 0.519. The van der Waals surface area contributed by atoms with E-state index < -0.39 is 11.7 Å². The summed E-state index contributed by atoms with van der Waals surface area (Å²) >= 11 is 12.6. The number of carbonyl (C=O) groups is 1. The van der Waals surface area contributed by atoms with Crippen LogP contribution in [0.1, 0.15) is 57.3 Å². The molecule has 2 aliphatic rings. The third kappa shape index (κ3) is 5.54. The van der Waals surface area contributed by atoms with E-state index in [2.05, 4.69) is 21.5 Å². The quantitative estimate of drug-likeness (QED) is 0.423. The van der Waals surface area contributed by atoms with Crippen LogP contribution < -0.4 is 10.2 Å². The Morgan fingerprint density at radius 2 is 2.13 bits per heavy atom. The van der Waals surface area contributed by atoms with E-state index in [1.807, 2.05) is 17.9 Å². The number of esters is 1. The summed E-state index contributed by atoms with van der Waals surface area (Å²) < 4.78 is 7.56. The number of hydrogen-bond acceptors (Lipinski definition) is 9. The number of nitriles is 1. The Morgan fingerprint density at radius 3 is 2.79 bits per heavy atom. The lowest BCUT2D eigenvalue weighted by atomic mass is 9.81. The highest BCUT2D eigenvalue weighted by Crippen LogP contribution is 2.34. The molecule has 39 heavy (non-hydrogen) atoms. The number of carbonyl (C=O) groups excluding carboxylic acids is 1. The van der Waals surface area contributed by atoms with Crippen molar-refractivity contribution < 1.29 is 14.6 Å². The number of hydrogen-bond donors (Lipinski definition) is 2. The summed E-state index contributed by atoms with van der Waals surface area (Å²) in [6.07, 6.45) is 3.44. The highest BCUT2D eigenvalue weighted by molar-refractivity contribution is 6.35. The van der Waals surface area contributed by atoms with Crippen LogP contribution in [0.15, 0.2) is 24.4 Å². The van der Waals surface area contributed by atoms with Crippen LogP contribution >= 0.6 is 23.2 Å². The second-order valence-electron chi connectivity index (χ2n) is 10.8. The zero-order valence-corrected chi connectivity index (χ0v) is 23.6. The molecule has 4 atom stereocenters. The number of rotatable bonds is 6. The molecule has 2 aliphatic heterocycles. The lowest BCUT2D eigenvalue weighted by molar-refractivity contribution is -0.160. The van der Waals surface area contributed by atoms with Gasteiger partial charge in [-0.1, -0.05) is 29.3 Å². The third-order valence-corrected chi connectivity index (χ3v) is 8.23. The van der Waals surface area contributed by atoms with Gasteiger partial charge in [0.05, 0.1) is 17.8 Å². The number of aliphatic hydroxyl groups is 1. The van der Waals surface area contributed by atoms with Gasteiger partial charge < -0.3 is 20.1 Å². The first kappa shape index (κ1) is 27.6. The summed E-state index contributed by atoms with van der Waals surface area (Å²) in [6, 6.07) is 6.72. The summed E-state index contributed by atoms with van der Waals surface area (Å²) in [5.74, 6) is -0.0244. The molecule has 0 spiro atoms. The van der Waals surface area contributed by atoms with E-state index in [1.165, 1.54) is 0 Å². The molecule has 0 aliphatic carbocycles. The molecule has 206 valence electrons. The molecule has 0 unspecified atom stereocenters. The Labute approximate surface area is 236 Å². The molecule has 2 fully saturated rings. The van der Waals surface area contributed by atoms with Crippen LogP contribution in [-0.4, -0.2) is 68.2 Å². The second-order valence-corrected chi connectivity index (χ2v) is 11.6. The first-order valence-corrected chi connectivity index (χ1v) is 13.8. The number of benzene rings is 1. The highest BCUT2D eigenvalue weighted by atomic mass is 35.5. The van der Waals surface area contributed by atoms with Crippen LogP contribution in [0.5, 0.6) is 0 Å². The number of aromatic nitrogens is 4. The molecule has 12 heteroatoms. The molecule has 2 saturated heterocycles. The van der Waals surface area contributed by atoms with Crippen molar-refractivity contribution in [2.75, 3.05) is 24.5 Å². The Morgan fingerprint density at radius 1 is 1.33 bits per heavy atom. The zero-order valence-electron chi connectivity index (χ0n) is 22.1. The van der Waals surface area contributed by atoms with Crippen LogP contribution in [0.4, 0.5) is 5.82 Å². The van der Waals surface area contributed by atoms with E-state index in [0.29, 0.717) is 46.5 Å². The average Bonchev–Trinajstić information content (AvgIpc) is 3.56. The van der Waals surface area contributed by atoms with Crippen molar-refractivity contribution in [3.63, 3.8) is 0 Å². The average molecular weight is 572 g/mol. The van der Waals surface area contributed by atoms with Crippen LogP contribution in [0.25, 0.3) is 11.2 Å². The zero-order chi connectivity index (χ0) is 27.9. The minimum Gasteiger partial charge on any atom is -0.461 e. The molecule has 0 amide bonds. The van der Waals surface area contributed by atoms with Gasteiger partial charge in [-0.3, -0.25) is 4.79 Å². The normalized spacial score (nSPS) is 22.6. The Hall–Kier alpha value is -2.97. The standard InChI is InChI=1S/C27H31Cl2N7O3/c1-15(17-7-6-16(28)11-19(17)29)36-25-24(21(12-30)34-36)32-13-23(33-25)35-10-8-22(18(14-35)27(2,3)38)39-26(37)20-5-4-9-31-20/h6-7,11,13,15,18,20,22,31,38H,4-5,8-10,14H2,1-3H3/t15-,18-,20+,22+/m1/s1. The summed E-state index contributed by atoms with van der Waals surface area (Å²) in [5, 5.41) is 29.4. The number of anilines is 1. The molecule has 0 saturated carbocycles. The van der Waals surface area contributed by atoms with E-state index in [4.69, 9.17) is 32.9 Å². The van der Waals surface area contributed by atoms with E-state index in [-0.39, 0.29) is 29.7 Å². The fourth-order valence-corrected chi connectivity index (χ4v) is 6.01. The smallest absolute Gasteiger partial charge is 0.323 e. The number of piperidine rings is 1. The van der Waals surface area contributed by atoms with Crippen molar-refractivity contribution in [3.05, 3.63) is 45.7 Å². The number of fused-ring (bicyclic) bond motifs is 1. The van der Waals surface area contributed by atoms with Gasteiger partial charge >= 0.3 is 5.97 Å². The Kier molecular flexibility index (Phi) is 7.71. The molecule has 2 aromatic heterocycles. The van der Waals surface area contributed by atoms with Crippen LogP contribution in [0, 0.1) is 17.2 Å². The van der Waals surface area contributed by atoms with Gasteiger partial charge in [0.2, 0.25) is 0 Å². The van der Waals surface area contributed by atoms with Gasteiger partial charge in [-0.2, -0.15) is 10.4 Å². The lowest BCUT2D eigenvalue weighted by Crippen LogP contribution is -2.54. The first-order valence-electron chi connectivity index (χ1n) is 13.1. The summed E-state index contributed by atoms with van der Waals surface area (Å²) in [7, 11) is 0. The van der Waals surface area contributed by atoms with Crippen molar-refractivity contribution >= 4 is 46.2 Å². The fourth-order valence-electron chi connectivity index (χ4n) is 5.44. The van der Waals surface area contributed by atoms with Gasteiger partial charge in [-0.25, -0.2) is 14.6 Å². The van der Waals surface area contributed by atoms with Crippen LogP contribution in [0.2, 0.25) is 10.0 Å². The van der Waals surface area contributed by atoms with Gasteiger partial charge in [0, 0.05) is 35.5 Å². The summed E-state index contributed by atoms with van der Waals surface area (Å²) in [5.41, 5.74) is 0.693. The van der Waals surface area contributed by atoms with Crippen LogP contribution in [0.3, 0.4) is 0 Å². The summed E-state index contributed by atoms with van der Waals surface area (Å²) in [6.45, 7) is 7.16. The predicted octanol–water partition coefficient (Wildman–Crippen LogP) is 3.88. The number of halogens is 2. The predicted molar refractivity (Wildman–Crippen MR) is 148 cm³/mol. The maximum atomic E-state index is 12.7. The Balaban J connectivity index is 1.44. The van der Waals surface area contributed by atoms with Crippen molar-refractivity contribution in [3.8, 4) is 6.07 Å². The van der Waals surface area contributed by atoms with Crippen molar-refractivity contribution in [2.45, 2.75) is 63.8 Å². The molecule has 2 N–H and O–H groups in total. The van der Waals surface area contributed by atoms with Crippen molar-refractivity contribution in [1.82, 2.24) is 25.1 Å². The lowest BCUT2D eigenvalue weighted by Gasteiger charge is -2.43. The van der Waals surface area contributed by atoms with Gasteiger partial charge in [-0.05, 0) is 57.9 Å². The van der Waals surface area contributed by atoms with Crippen molar-refractivity contribution in [1.29, 1.82) is 5.26 Å². The topological polar surface area (TPSA) is 129 Å². The van der Waals surface area contributed by atoms with E-state index >= 15 is 0 Å². The molecule has 3 aromatic rings. The van der Waals surface area contributed by atoms with E-state index in [9.17, 15) is 15.2 Å². The molecule has 0 radical (unpaired) electrons. The third-order valence-electron chi connectivity index (χ3n) is 7.67. The maximum absolute atomic E-state index is 12.7. The first-order chi connectivity index (χ1) is 18.6. The molecule has 4 heterocycles. The number of ether oxygens (including phenoxy) is 1. The SMILES string of the molecule is C[C@H](c1ccc(Cl)cc1Cl)n1nc(C#N)c2ncc(N3CC[C@H](OC(=O)[C@@H]4CCCN4)[C@H](C(C)(C)O)C3)nc21.